The molecular weight excluding hydrogens is 146 g/mol. The second-order valence-electron chi connectivity index (χ2n) is 3.84. The molecule has 1 aromatic carbocycles. The lowest BCUT2D eigenvalue weighted by atomic mass is 9.96. The van der Waals surface area contributed by atoms with E-state index in [1.807, 2.05) is 0 Å². The van der Waals surface area contributed by atoms with Gasteiger partial charge in [-0.2, -0.15) is 0 Å². The van der Waals surface area contributed by atoms with Gasteiger partial charge in [0.1, 0.15) is 0 Å². The van der Waals surface area contributed by atoms with Crippen molar-refractivity contribution < 1.29 is 0 Å². The van der Waals surface area contributed by atoms with Crippen molar-refractivity contribution in [3.63, 3.8) is 0 Å². The van der Waals surface area contributed by atoms with Crippen LogP contribution in [0.4, 0.5) is 5.69 Å². The summed E-state index contributed by atoms with van der Waals surface area (Å²) in [7, 11) is 0. The molecule has 62 valence electrons. The Morgan fingerprint density at radius 1 is 1.25 bits per heavy atom. The fourth-order valence-corrected chi connectivity index (χ4v) is 2.57. The molecule has 1 unspecified atom stereocenters. The third kappa shape index (κ3) is 0.739. The highest BCUT2D eigenvalue weighted by Crippen LogP contribution is 2.41. The van der Waals surface area contributed by atoms with Crippen LogP contribution in [0.5, 0.6) is 0 Å². The molecule has 0 aromatic heterocycles. The van der Waals surface area contributed by atoms with E-state index < -0.39 is 0 Å². The summed E-state index contributed by atoms with van der Waals surface area (Å²) in [5.74, 6) is 0.843. The molecule has 2 heterocycles. The zero-order valence-corrected chi connectivity index (χ0v) is 7.16. The Morgan fingerprint density at radius 3 is 3.17 bits per heavy atom. The van der Waals surface area contributed by atoms with Gasteiger partial charge in [-0.15, -0.1) is 0 Å². The van der Waals surface area contributed by atoms with Gasteiger partial charge in [0.15, 0.2) is 0 Å². The molecule has 0 amide bonds. The largest absolute Gasteiger partial charge is 0.371 e. The van der Waals surface area contributed by atoms with E-state index >= 15 is 0 Å². The Morgan fingerprint density at radius 2 is 2.17 bits per heavy atom. The topological polar surface area (TPSA) is 3.24 Å². The molecule has 2 aliphatic rings. The highest BCUT2D eigenvalue weighted by atomic mass is 15.2. The molecule has 0 saturated carbocycles. The van der Waals surface area contributed by atoms with Gasteiger partial charge in [0.25, 0.3) is 0 Å². The van der Waals surface area contributed by atoms with Crippen LogP contribution in [-0.2, 0) is 0 Å². The van der Waals surface area contributed by atoms with Gasteiger partial charge < -0.3 is 4.90 Å². The Balaban J connectivity index is 2.16. The van der Waals surface area contributed by atoms with E-state index in [1.165, 1.54) is 31.6 Å². The lowest BCUT2D eigenvalue weighted by Crippen LogP contribution is -2.27. The number of fused-ring (bicyclic) bond motifs is 5. The molecule has 0 spiro atoms. The van der Waals surface area contributed by atoms with Crippen LogP contribution in [-0.4, -0.2) is 13.1 Å². The third-order valence-electron chi connectivity index (χ3n) is 3.14. The SMILES string of the molecule is c1ccc2c(c1)C1CCCN2C1. The second kappa shape index (κ2) is 2.25. The summed E-state index contributed by atoms with van der Waals surface area (Å²) >= 11 is 0. The maximum atomic E-state index is 2.53. The predicted molar refractivity (Wildman–Crippen MR) is 50.6 cm³/mol. The molecule has 3 rings (SSSR count). The van der Waals surface area contributed by atoms with Crippen molar-refractivity contribution in [3.8, 4) is 0 Å². The van der Waals surface area contributed by atoms with Crippen molar-refractivity contribution in [1.29, 1.82) is 0 Å². The number of anilines is 1. The van der Waals surface area contributed by atoms with Crippen LogP contribution in [0, 0.1) is 0 Å². The van der Waals surface area contributed by atoms with Crippen LogP contribution in [0.25, 0.3) is 0 Å². The number of hydrogen-bond donors (Lipinski definition) is 0. The highest BCUT2D eigenvalue weighted by molar-refractivity contribution is 5.60. The Kier molecular flexibility index (Phi) is 1.23. The Labute approximate surface area is 73.0 Å². The highest BCUT2D eigenvalue weighted by Gasteiger charge is 2.30. The average Bonchev–Trinajstić information content (AvgIpc) is 2.41. The van der Waals surface area contributed by atoms with E-state index in [0.29, 0.717) is 0 Å². The minimum absolute atomic E-state index is 0.843. The van der Waals surface area contributed by atoms with Crippen molar-refractivity contribution in [1.82, 2.24) is 0 Å². The number of benzene rings is 1. The molecule has 0 radical (unpaired) electrons. The summed E-state index contributed by atoms with van der Waals surface area (Å²) in [6.07, 6.45) is 2.77. The van der Waals surface area contributed by atoms with Gasteiger partial charge in [0, 0.05) is 24.7 Å². The molecule has 1 saturated heterocycles. The van der Waals surface area contributed by atoms with E-state index in [4.69, 9.17) is 0 Å². The van der Waals surface area contributed by atoms with Crippen LogP contribution in [0.2, 0.25) is 0 Å². The number of nitrogens with zero attached hydrogens (tertiary/aromatic N) is 1. The number of para-hydroxylation sites is 1. The number of hydrogen-bond acceptors (Lipinski definition) is 1. The molecule has 12 heavy (non-hydrogen) atoms. The molecule has 1 heteroatoms. The van der Waals surface area contributed by atoms with Gasteiger partial charge in [-0.1, -0.05) is 18.2 Å². The summed E-state index contributed by atoms with van der Waals surface area (Å²) in [4.78, 5) is 2.53. The Hall–Kier alpha value is -0.980. The summed E-state index contributed by atoms with van der Waals surface area (Å²) in [6.45, 7) is 2.55. The van der Waals surface area contributed by atoms with Gasteiger partial charge in [-0.05, 0) is 24.5 Å². The molecule has 1 aromatic rings. The molecule has 1 fully saturated rings. The van der Waals surface area contributed by atoms with Crippen LogP contribution >= 0.6 is 0 Å². The average molecular weight is 159 g/mol. The van der Waals surface area contributed by atoms with E-state index in [0.717, 1.165) is 5.92 Å². The first kappa shape index (κ1) is 6.53. The Bertz CT molecular complexity index is 277. The van der Waals surface area contributed by atoms with Gasteiger partial charge in [0.05, 0.1) is 0 Å². The molecule has 2 bridgehead atoms. The standard InChI is InChI=1S/C11H13N/c1-2-6-11-10(5-1)9-4-3-7-12(11)8-9/h1-2,5-6,9H,3-4,7-8H2. The molecule has 2 aliphatic heterocycles. The molecule has 1 atom stereocenters. The fourth-order valence-electron chi connectivity index (χ4n) is 2.57. The van der Waals surface area contributed by atoms with Crippen LogP contribution < -0.4 is 4.90 Å². The monoisotopic (exact) mass is 159 g/mol. The molecule has 1 nitrogen and oxygen atoms in total. The van der Waals surface area contributed by atoms with E-state index in [2.05, 4.69) is 29.2 Å². The van der Waals surface area contributed by atoms with Gasteiger partial charge >= 0.3 is 0 Å². The minimum Gasteiger partial charge on any atom is -0.371 e. The van der Waals surface area contributed by atoms with Crippen molar-refractivity contribution in [2.45, 2.75) is 18.8 Å². The van der Waals surface area contributed by atoms with Crippen LogP contribution in [0.15, 0.2) is 24.3 Å². The first-order chi connectivity index (χ1) is 5.95. The smallest absolute Gasteiger partial charge is 0.0402 e. The predicted octanol–water partition coefficient (Wildman–Crippen LogP) is 2.38. The summed E-state index contributed by atoms with van der Waals surface area (Å²) in [5, 5.41) is 0. The summed E-state index contributed by atoms with van der Waals surface area (Å²) in [6, 6.07) is 8.88. The normalized spacial score (nSPS) is 25.7. The maximum absolute atomic E-state index is 2.53. The zero-order chi connectivity index (χ0) is 7.97. The number of rotatable bonds is 0. The molecule has 0 aliphatic carbocycles. The van der Waals surface area contributed by atoms with Crippen molar-refractivity contribution in [2.24, 2.45) is 0 Å². The zero-order valence-electron chi connectivity index (χ0n) is 7.16. The van der Waals surface area contributed by atoms with Crippen LogP contribution in [0.3, 0.4) is 0 Å². The molecular formula is C11H13N. The van der Waals surface area contributed by atoms with Crippen molar-refractivity contribution in [3.05, 3.63) is 29.8 Å². The summed E-state index contributed by atoms with van der Waals surface area (Å²) in [5.41, 5.74) is 3.09. The minimum atomic E-state index is 0.843. The van der Waals surface area contributed by atoms with Gasteiger partial charge in [0.2, 0.25) is 0 Å². The van der Waals surface area contributed by atoms with Crippen molar-refractivity contribution in [2.75, 3.05) is 18.0 Å². The maximum Gasteiger partial charge on any atom is 0.0402 e. The molecule has 0 N–H and O–H groups in total. The van der Waals surface area contributed by atoms with Gasteiger partial charge in [-0.3, -0.25) is 0 Å². The summed E-state index contributed by atoms with van der Waals surface area (Å²) < 4.78 is 0. The third-order valence-corrected chi connectivity index (χ3v) is 3.14. The lowest BCUT2D eigenvalue weighted by molar-refractivity contribution is 0.546. The number of piperidine rings is 1. The lowest BCUT2D eigenvalue weighted by Gasteiger charge is -2.24. The second-order valence-corrected chi connectivity index (χ2v) is 3.84. The van der Waals surface area contributed by atoms with E-state index in [9.17, 15) is 0 Å². The van der Waals surface area contributed by atoms with Crippen molar-refractivity contribution >= 4 is 5.69 Å². The first-order valence-electron chi connectivity index (χ1n) is 4.79. The fraction of sp³-hybridized carbons (Fsp3) is 0.455. The quantitative estimate of drug-likeness (QED) is 0.561. The van der Waals surface area contributed by atoms with E-state index in [1.54, 1.807) is 5.56 Å². The van der Waals surface area contributed by atoms with Gasteiger partial charge in [-0.25, -0.2) is 0 Å². The first-order valence-corrected chi connectivity index (χ1v) is 4.79. The van der Waals surface area contributed by atoms with E-state index in [-0.39, 0.29) is 0 Å². The van der Waals surface area contributed by atoms with Crippen LogP contribution in [0.1, 0.15) is 24.3 Å².